The topological polar surface area (TPSA) is 38.3 Å². The highest BCUT2D eigenvalue weighted by atomic mass is 35.5. The van der Waals surface area contributed by atoms with Gasteiger partial charge in [-0.3, -0.25) is 4.79 Å². The monoisotopic (exact) mass is 241 g/mol. The summed E-state index contributed by atoms with van der Waals surface area (Å²) in [6.45, 7) is 3.80. The van der Waals surface area contributed by atoms with Crippen molar-refractivity contribution in [2.75, 3.05) is 7.05 Å². The predicted octanol–water partition coefficient (Wildman–Crippen LogP) is 2.55. The van der Waals surface area contributed by atoms with E-state index in [1.165, 1.54) is 0 Å². The van der Waals surface area contributed by atoms with Crippen molar-refractivity contribution in [1.82, 2.24) is 5.32 Å². The van der Waals surface area contributed by atoms with Crippen molar-refractivity contribution in [3.05, 3.63) is 28.8 Å². The van der Waals surface area contributed by atoms with Crippen LogP contribution in [0.2, 0.25) is 5.02 Å². The molecule has 16 heavy (non-hydrogen) atoms. The van der Waals surface area contributed by atoms with Crippen LogP contribution < -0.4 is 10.1 Å². The van der Waals surface area contributed by atoms with E-state index in [1.807, 2.05) is 19.9 Å². The van der Waals surface area contributed by atoms with Gasteiger partial charge in [-0.05, 0) is 37.1 Å². The minimum Gasteiger partial charge on any atom is -0.481 e. The third kappa shape index (κ3) is 3.14. The molecule has 1 unspecified atom stereocenters. The molecule has 0 spiro atoms. The van der Waals surface area contributed by atoms with E-state index in [2.05, 4.69) is 5.32 Å². The minimum absolute atomic E-state index is 0.116. The summed E-state index contributed by atoms with van der Waals surface area (Å²) in [6.07, 6.45) is 0.173. The molecule has 0 heterocycles. The number of carbonyl (C=O) groups is 1. The lowest BCUT2D eigenvalue weighted by Crippen LogP contribution is -2.35. The van der Waals surface area contributed by atoms with E-state index in [0.717, 1.165) is 5.56 Å². The maximum absolute atomic E-state index is 11.4. The highest BCUT2D eigenvalue weighted by Gasteiger charge is 2.16. The van der Waals surface area contributed by atoms with Gasteiger partial charge in [-0.15, -0.1) is 0 Å². The number of likely N-dealkylation sites (N-methyl/N-ethyl adjacent to an activating group) is 1. The number of halogens is 1. The lowest BCUT2D eigenvalue weighted by Gasteiger charge is -2.16. The summed E-state index contributed by atoms with van der Waals surface area (Å²) >= 11 is 5.91. The van der Waals surface area contributed by atoms with Crippen molar-refractivity contribution < 1.29 is 9.53 Å². The summed E-state index contributed by atoms with van der Waals surface area (Å²) in [6, 6.07) is 5.36. The molecule has 4 heteroatoms. The van der Waals surface area contributed by atoms with Crippen LogP contribution in [0.5, 0.6) is 5.75 Å². The van der Waals surface area contributed by atoms with Gasteiger partial charge in [0.15, 0.2) is 6.10 Å². The summed E-state index contributed by atoms with van der Waals surface area (Å²) < 4.78 is 5.58. The fraction of sp³-hybridized carbons (Fsp3) is 0.417. The quantitative estimate of drug-likeness (QED) is 0.880. The van der Waals surface area contributed by atoms with E-state index in [1.54, 1.807) is 19.2 Å². The summed E-state index contributed by atoms with van der Waals surface area (Å²) in [7, 11) is 1.60. The normalized spacial score (nSPS) is 12.0. The van der Waals surface area contributed by atoms with Crippen molar-refractivity contribution >= 4 is 17.5 Å². The zero-order valence-corrected chi connectivity index (χ0v) is 10.5. The lowest BCUT2D eigenvalue weighted by atomic mass is 10.2. The van der Waals surface area contributed by atoms with Crippen molar-refractivity contribution in [2.24, 2.45) is 0 Å². The number of benzene rings is 1. The Morgan fingerprint density at radius 3 is 2.75 bits per heavy atom. The molecular formula is C12H16ClNO2. The average molecular weight is 242 g/mol. The molecule has 0 aliphatic heterocycles. The van der Waals surface area contributed by atoms with Crippen LogP contribution in [0.4, 0.5) is 0 Å². The van der Waals surface area contributed by atoms with Crippen molar-refractivity contribution in [3.8, 4) is 5.75 Å². The molecule has 3 nitrogen and oxygen atoms in total. The number of ether oxygens (including phenoxy) is 1. The van der Waals surface area contributed by atoms with Gasteiger partial charge >= 0.3 is 0 Å². The first-order chi connectivity index (χ1) is 7.58. The molecule has 0 aliphatic rings. The summed E-state index contributed by atoms with van der Waals surface area (Å²) in [5.41, 5.74) is 0.936. The van der Waals surface area contributed by atoms with Gasteiger partial charge in [0, 0.05) is 12.1 Å². The standard InChI is InChI=1S/C12H16ClNO2/c1-4-11(12(15)14-3)16-9-5-6-10(13)8(2)7-9/h5-7,11H,4H2,1-3H3,(H,14,15). The van der Waals surface area contributed by atoms with Gasteiger partial charge in [0.25, 0.3) is 5.91 Å². The zero-order valence-electron chi connectivity index (χ0n) is 9.71. The lowest BCUT2D eigenvalue weighted by molar-refractivity contribution is -0.127. The zero-order chi connectivity index (χ0) is 12.1. The number of carbonyl (C=O) groups excluding carboxylic acids is 1. The molecule has 88 valence electrons. The Morgan fingerprint density at radius 2 is 2.25 bits per heavy atom. The molecule has 0 bridgehead atoms. The van der Waals surface area contributed by atoms with Crippen LogP contribution in [0.3, 0.4) is 0 Å². The summed E-state index contributed by atoms with van der Waals surface area (Å²) in [5.74, 6) is 0.549. The second-order valence-electron chi connectivity index (χ2n) is 3.54. The van der Waals surface area contributed by atoms with Gasteiger partial charge in [0.05, 0.1) is 0 Å². The van der Waals surface area contributed by atoms with Crippen LogP contribution >= 0.6 is 11.6 Å². The fourth-order valence-electron chi connectivity index (χ4n) is 1.34. The van der Waals surface area contributed by atoms with E-state index in [0.29, 0.717) is 17.2 Å². The van der Waals surface area contributed by atoms with E-state index in [4.69, 9.17) is 16.3 Å². The molecule has 1 amide bonds. The first-order valence-electron chi connectivity index (χ1n) is 5.22. The smallest absolute Gasteiger partial charge is 0.260 e. The molecule has 0 radical (unpaired) electrons. The second kappa shape index (κ2) is 5.75. The van der Waals surface area contributed by atoms with Crippen molar-refractivity contribution in [2.45, 2.75) is 26.4 Å². The molecule has 1 aromatic carbocycles. The number of nitrogens with one attached hydrogen (secondary N) is 1. The molecule has 1 N–H and O–H groups in total. The molecule has 0 fully saturated rings. The van der Waals surface area contributed by atoms with Gasteiger partial charge in [0.2, 0.25) is 0 Å². The number of hydrogen-bond donors (Lipinski definition) is 1. The number of amides is 1. The first kappa shape index (κ1) is 12.8. The fourth-order valence-corrected chi connectivity index (χ4v) is 1.46. The molecule has 0 aliphatic carbocycles. The Bertz CT molecular complexity index is 379. The van der Waals surface area contributed by atoms with Gasteiger partial charge < -0.3 is 10.1 Å². The Kier molecular flexibility index (Phi) is 4.62. The third-order valence-corrected chi connectivity index (χ3v) is 2.74. The van der Waals surface area contributed by atoms with Crippen LogP contribution in [0.25, 0.3) is 0 Å². The van der Waals surface area contributed by atoms with Gasteiger partial charge in [-0.25, -0.2) is 0 Å². The number of hydrogen-bond acceptors (Lipinski definition) is 2. The summed E-state index contributed by atoms with van der Waals surface area (Å²) in [5, 5.41) is 3.27. The van der Waals surface area contributed by atoms with E-state index in [9.17, 15) is 4.79 Å². The van der Waals surface area contributed by atoms with E-state index in [-0.39, 0.29) is 5.91 Å². The Labute approximate surface area is 101 Å². The Hall–Kier alpha value is -1.22. The van der Waals surface area contributed by atoms with Crippen LogP contribution in [0.1, 0.15) is 18.9 Å². The molecule has 0 saturated heterocycles. The van der Waals surface area contributed by atoms with Crippen LogP contribution in [-0.2, 0) is 4.79 Å². The predicted molar refractivity (Wildman–Crippen MR) is 65.0 cm³/mol. The maximum Gasteiger partial charge on any atom is 0.260 e. The highest BCUT2D eigenvalue weighted by molar-refractivity contribution is 6.31. The molecule has 1 atom stereocenters. The molecule has 0 aromatic heterocycles. The second-order valence-corrected chi connectivity index (χ2v) is 3.95. The Morgan fingerprint density at radius 1 is 1.56 bits per heavy atom. The van der Waals surface area contributed by atoms with Crippen molar-refractivity contribution in [1.29, 1.82) is 0 Å². The largest absolute Gasteiger partial charge is 0.481 e. The van der Waals surface area contributed by atoms with Gasteiger partial charge in [-0.2, -0.15) is 0 Å². The SMILES string of the molecule is CCC(Oc1ccc(Cl)c(C)c1)C(=O)NC. The minimum atomic E-state index is -0.453. The number of rotatable bonds is 4. The Balaban J connectivity index is 2.78. The highest BCUT2D eigenvalue weighted by Crippen LogP contribution is 2.22. The third-order valence-electron chi connectivity index (χ3n) is 2.32. The molecular weight excluding hydrogens is 226 g/mol. The maximum atomic E-state index is 11.4. The van der Waals surface area contributed by atoms with Crippen molar-refractivity contribution in [3.63, 3.8) is 0 Å². The van der Waals surface area contributed by atoms with Crippen LogP contribution in [-0.4, -0.2) is 19.1 Å². The molecule has 0 saturated carbocycles. The van der Waals surface area contributed by atoms with E-state index < -0.39 is 6.10 Å². The van der Waals surface area contributed by atoms with Crippen LogP contribution in [0, 0.1) is 6.92 Å². The number of aryl methyl sites for hydroxylation is 1. The average Bonchev–Trinajstić information content (AvgIpc) is 2.29. The molecule has 1 rings (SSSR count). The van der Waals surface area contributed by atoms with E-state index >= 15 is 0 Å². The molecule has 1 aromatic rings. The van der Waals surface area contributed by atoms with Crippen LogP contribution in [0.15, 0.2) is 18.2 Å². The van der Waals surface area contributed by atoms with Gasteiger partial charge in [-0.1, -0.05) is 18.5 Å². The van der Waals surface area contributed by atoms with Gasteiger partial charge in [0.1, 0.15) is 5.75 Å². The summed E-state index contributed by atoms with van der Waals surface area (Å²) in [4.78, 5) is 11.4. The first-order valence-corrected chi connectivity index (χ1v) is 5.60.